The number of nitrogens with zero attached hydrogens (tertiary/aromatic N) is 2. The van der Waals surface area contributed by atoms with Crippen LogP contribution in [0.1, 0.15) is 5.56 Å². The van der Waals surface area contributed by atoms with Crippen molar-refractivity contribution in [3.8, 4) is 0 Å². The van der Waals surface area contributed by atoms with Crippen molar-refractivity contribution in [1.29, 1.82) is 0 Å². The van der Waals surface area contributed by atoms with E-state index < -0.39 is 0 Å². The van der Waals surface area contributed by atoms with E-state index in [4.69, 9.17) is 5.84 Å². The average Bonchev–Trinajstić information content (AvgIpc) is 2.66. The summed E-state index contributed by atoms with van der Waals surface area (Å²) in [6.07, 6.45) is 0. The molecule has 0 aromatic heterocycles. The fourth-order valence-electron chi connectivity index (χ4n) is 1.67. The molecule has 0 aliphatic carbocycles. The second-order valence-electron chi connectivity index (χ2n) is 3.29. The molecule has 4 nitrogen and oxygen atoms in total. The lowest BCUT2D eigenvalue weighted by Crippen LogP contribution is -2.42. The molecule has 1 aromatic carbocycles. The predicted octanol–water partition coefficient (Wildman–Crippen LogP) is 1.25. The Balaban J connectivity index is 0.00000112. The molecule has 1 aliphatic rings. The summed E-state index contributed by atoms with van der Waals surface area (Å²) >= 11 is 0. The Morgan fingerprint density at radius 2 is 2.13 bits per heavy atom. The molecule has 0 spiro atoms. The number of hydrazine groups is 1. The fourth-order valence-corrected chi connectivity index (χ4v) is 1.67. The van der Waals surface area contributed by atoms with E-state index >= 15 is 0 Å². The molecule has 0 unspecified atom stereocenters. The van der Waals surface area contributed by atoms with Crippen LogP contribution in [-0.2, 0) is 0 Å². The van der Waals surface area contributed by atoms with E-state index in [9.17, 15) is 0 Å². The molecule has 5 heteroatoms. The molecule has 1 heterocycles. The maximum Gasteiger partial charge on any atom is 0.213 e. The number of guanidine groups is 1. The standard InChI is InChI=1S/C10H14N4.HI/c1-8-4-2-3-5-9(8)14-7-6-12-10(14)13-11;/h2-5H,6-7,11H2,1H3,(H,12,13);1H. The van der Waals surface area contributed by atoms with E-state index in [2.05, 4.69) is 34.4 Å². The summed E-state index contributed by atoms with van der Waals surface area (Å²) in [6.45, 7) is 3.78. The molecule has 2 rings (SSSR count). The first-order valence-corrected chi connectivity index (χ1v) is 4.67. The highest BCUT2D eigenvalue weighted by Crippen LogP contribution is 2.20. The van der Waals surface area contributed by atoms with Crippen LogP contribution in [0.25, 0.3) is 0 Å². The van der Waals surface area contributed by atoms with Gasteiger partial charge < -0.3 is 4.90 Å². The summed E-state index contributed by atoms with van der Waals surface area (Å²) in [5, 5.41) is 0. The van der Waals surface area contributed by atoms with Crippen LogP contribution in [0.5, 0.6) is 0 Å². The second-order valence-corrected chi connectivity index (χ2v) is 3.29. The third kappa shape index (κ3) is 2.40. The zero-order chi connectivity index (χ0) is 9.97. The van der Waals surface area contributed by atoms with Crippen molar-refractivity contribution >= 4 is 35.6 Å². The largest absolute Gasteiger partial charge is 0.310 e. The third-order valence-corrected chi connectivity index (χ3v) is 2.38. The average molecular weight is 318 g/mol. The van der Waals surface area contributed by atoms with Gasteiger partial charge in [-0.15, -0.1) is 24.0 Å². The summed E-state index contributed by atoms with van der Waals surface area (Å²) in [6, 6.07) is 8.21. The molecule has 1 aliphatic heterocycles. The van der Waals surface area contributed by atoms with Crippen molar-refractivity contribution in [2.45, 2.75) is 6.92 Å². The van der Waals surface area contributed by atoms with E-state index in [0.29, 0.717) is 0 Å². The van der Waals surface area contributed by atoms with Gasteiger partial charge in [-0.05, 0) is 18.6 Å². The zero-order valence-electron chi connectivity index (χ0n) is 8.60. The first-order valence-electron chi connectivity index (χ1n) is 4.67. The Kier molecular flexibility index (Phi) is 4.34. The van der Waals surface area contributed by atoms with Gasteiger partial charge in [0.25, 0.3) is 0 Å². The van der Waals surface area contributed by atoms with Crippen LogP contribution in [0.15, 0.2) is 29.3 Å². The Bertz CT molecular complexity index is 364. The molecule has 0 bridgehead atoms. The summed E-state index contributed by atoms with van der Waals surface area (Å²) in [4.78, 5) is 6.35. The van der Waals surface area contributed by atoms with Crippen molar-refractivity contribution in [1.82, 2.24) is 5.43 Å². The quantitative estimate of drug-likeness (QED) is 0.466. The number of benzene rings is 1. The van der Waals surface area contributed by atoms with Gasteiger partial charge in [0.15, 0.2) is 0 Å². The highest BCUT2D eigenvalue weighted by molar-refractivity contribution is 14.0. The number of nitrogens with two attached hydrogens (primary N) is 1. The topological polar surface area (TPSA) is 53.6 Å². The van der Waals surface area contributed by atoms with Crippen molar-refractivity contribution < 1.29 is 0 Å². The first-order chi connectivity index (χ1) is 6.83. The molecule has 0 fully saturated rings. The van der Waals surface area contributed by atoms with E-state index in [0.717, 1.165) is 19.0 Å². The van der Waals surface area contributed by atoms with Crippen molar-refractivity contribution in [3.05, 3.63) is 29.8 Å². The molecular formula is C10H15IN4. The number of hydrogen-bond acceptors (Lipinski definition) is 4. The molecule has 1 aromatic rings. The van der Waals surface area contributed by atoms with Crippen LogP contribution < -0.4 is 16.2 Å². The van der Waals surface area contributed by atoms with Gasteiger partial charge in [-0.2, -0.15) is 0 Å². The van der Waals surface area contributed by atoms with Gasteiger partial charge in [-0.1, -0.05) is 18.2 Å². The third-order valence-electron chi connectivity index (χ3n) is 2.38. The Morgan fingerprint density at radius 1 is 1.40 bits per heavy atom. The van der Waals surface area contributed by atoms with Gasteiger partial charge in [0.1, 0.15) is 0 Å². The number of hydrogen-bond donors (Lipinski definition) is 2. The number of aryl methyl sites for hydroxylation is 1. The number of rotatable bonds is 1. The zero-order valence-corrected chi connectivity index (χ0v) is 10.9. The Labute approximate surface area is 107 Å². The first kappa shape index (κ1) is 12.3. The van der Waals surface area contributed by atoms with Gasteiger partial charge >= 0.3 is 0 Å². The molecular weight excluding hydrogens is 303 g/mol. The monoisotopic (exact) mass is 318 g/mol. The van der Waals surface area contributed by atoms with Gasteiger partial charge in [0.2, 0.25) is 5.96 Å². The highest BCUT2D eigenvalue weighted by Gasteiger charge is 2.18. The molecule has 82 valence electrons. The number of aliphatic imine (C=N–C) groups is 1. The van der Waals surface area contributed by atoms with Crippen LogP contribution in [0, 0.1) is 6.92 Å². The van der Waals surface area contributed by atoms with E-state index in [1.54, 1.807) is 0 Å². The number of para-hydroxylation sites is 1. The lowest BCUT2D eigenvalue weighted by molar-refractivity contribution is 0.972. The van der Waals surface area contributed by atoms with Crippen LogP contribution in [0.3, 0.4) is 0 Å². The number of nitrogens with one attached hydrogen (secondary N) is 1. The van der Waals surface area contributed by atoms with Crippen LogP contribution in [0.2, 0.25) is 0 Å². The minimum atomic E-state index is 0. The molecule has 0 radical (unpaired) electrons. The number of halogens is 1. The van der Waals surface area contributed by atoms with Gasteiger partial charge in [-0.25, -0.2) is 10.8 Å². The highest BCUT2D eigenvalue weighted by atomic mass is 127. The summed E-state index contributed by atoms with van der Waals surface area (Å²) < 4.78 is 0. The van der Waals surface area contributed by atoms with Gasteiger partial charge in [-0.3, -0.25) is 5.43 Å². The Hall–Kier alpha value is -0.820. The summed E-state index contributed by atoms with van der Waals surface area (Å²) in [5.41, 5.74) is 5.02. The lowest BCUT2D eigenvalue weighted by atomic mass is 10.2. The summed E-state index contributed by atoms with van der Waals surface area (Å²) in [5.74, 6) is 6.14. The minimum Gasteiger partial charge on any atom is -0.310 e. The molecule has 0 amide bonds. The van der Waals surface area contributed by atoms with Gasteiger partial charge in [0, 0.05) is 12.2 Å². The molecule has 15 heavy (non-hydrogen) atoms. The van der Waals surface area contributed by atoms with E-state index in [1.165, 1.54) is 11.3 Å². The van der Waals surface area contributed by atoms with E-state index in [-0.39, 0.29) is 24.0 Å². The summed E-state index contributed by atoms with van der Waals surface area (Å²) in [7, 11) is 0. The molecule has 0 atom stereocenters. The minimum absolute atomic E-state index is 0. The molecule has 3 N–H and O–H groups in total. The van der Waals surface area contributed by atoms with Crippen LogP contribution >= 0.6 is 24.0 Å². The Morgan fingerprint density at radius 3 is 2.80 bits per heavy atom. The number of anilines is 1. The lowest BCUT2D eigenvalue weighted by Gasteiger charge is -2.21. The van der Waals surface area contributed by atoms with Crippen molar-refractivity contribution in [2.75, 3.05) is 18.0 Å². The normalized spacial score (nSPS) is 14.5. The van der Waals surface area contributed by atoms with E-state index in [1.807, 2.05) is 12.1 Å². The van der Waals surface area contributed by atoms with Crippen molar-refractivity contribution in [3.63, 3.8) is 0 Å². The SMILES string of the molecule is Cc1ccccc1N1CCN=C1NN.I. The molecule has 0 saturated heterocycles. The fraction of sp³-hybridized carbons (Fsp3) is 0.300. The van der Waals surface area contributed by atoms with Crippen molar-refractivity contribution in [2.24, 2.45) is 10.8 Å². The maximum absolute atomic E-state index is 5.39. The van der Waals surface area contributed by atoms with Crippen LogP contribution in [0.4, 0.5) is 5.69 Å². The second kappa shape index (κ2) is 5.32. The molecule has 0 saturated carbocycles. The maximum atomic E-state index is 5.39. The van der Waals surface area contributed by atoms with Crippen LogP contribution in [-0.4, -0.2) is 19.0 Å². The predicted molar refractivity (Wildman–Crippen MR) is 73.6 cm³/mol. The smallest absolute Gasteiger partial charge is 0.213 e. The van der Waals surface area contributed by atoms with Gasteiger partial charge in [0.05, 0.1) is 6.54 Å².